The van der Waals surface area contributed by atoms with Crippen molar-refractivity contribution in [3.63, 3.8) is 0 Å². The van der Waals surface area contributed by atoms with Gasteiger partial charge in [-0.3, -0.25) is 14.9 Å². The van der Waals surface area contributed by atoms with Crippen LogP contribution in [0.2, 0.25) is 5.02 Å². The first-order chi connectivity index (χ1) is 8.54. The molecule has 1 saturated heterocycles. The number of halogens is 1. The topological polar surface area (TPSA) is 63.5 Å². The van der Waals surface area contributed by atoms with Crippen molar-refractivity contribution in [2.75, 3.05) is 11.4 Å². The van der Waals surface area contributed by atoms with Crippen molar-refractivity contribution >= 4 is 28.9 Å². The number of amides is 1. The fraction of sp³-hybridized carbons (Fsp3) is 0.250. The van der Waals surface area contributed by atoms with E-state index in [9.17, 15) is 14.9 Å². The first kappa shape index (κ1) is 12.6. The van der Waals surface area contributed by atoms with Crippen molar-refractivity contribution < 1.29 is 9.72 Å². The van der Waals surface area contributed by atoms with Crippen molar-refractivity contribution in [1.29, 1.82) is 0 Å². The summed E-state index contributed by atoms with van der Waals surface area (Å²) in [5.74, 6) is -0.124. The number of nitrogens with zero attached hydrogens (tertiary/aromatic N) is 2. The van der Waals surface area contributed by atoms with Crippen LogP contribution in [0, 0.1) is 16.0 Å². The molecule has 0 bridgehead atoms. The second-order valence-corrected chi connectivity index (χ2v) is 4.48. The molecule has 1 heterocycles. The summed E-state index contributed by atoms with van der Waals surface area (Å²) in [6, 6.07) is 4.57. The minimum absolute atomic E-state index is 0.0242. The van der Waals surface area contributed by atoms with Crippen molar-refractivity contribution in [1.82, 2.24) is 0 Å². The lowest BCUT2D eigenvalue weighted by atomic mass is 10.1. The normalized spacial score (nSPS) is 19.1. The Morgan fingerprint density at radius 2 is 2.28 bits per heavy atom. The molecule has 1 aliphatic heterocycles. The summed E-state index contributed by atoms with van der Waals surface area (Å²) in [5, 5.41) is 11.1. The molecule has 6 heteroatoms. The van der Waals surface area contributed by atoms with Crippen LogP contribution in [-0.4, -0.2) is 17.4 Å². The Kier molecular flexibility index (Phi) is 3.34. The number of carbonyl (C=O) groups is 1. The van der Waals surface area contributed by atoms with Gasteiger partial charge in [-0.1, -0.05) is 23.7 Å². The van der Waals surface area contributed by atoms with Gasteiger partial charge in [0.05, 0.1) is 4.92 Å². The van der Waals surface area contributed by atoms with Gasteiger partial charge in [0.2, 0.25) is 5.91 Å². The number of hydrogen-bond acceptors (Lipinski definition) is 3. The third-order valence-electron chi connectivity index (χ3n) is 2.93. The lowest BCUT2D eigenvalue weighted by Gasteiger charge is -2.16. The van der Waals surface area contributed by atoms with Crippen LogP contribution in [0.1, 0.15) is 6.42 Å². The molecule has 2 rings (SSSR count). The zero-order valence-electron chi connectivity index (χ0n) is 9.51. The molecule has 1 unspecified atom stereocenters. The fourth-order valence-electron chi connectivity index (χ4n) is 2.03. The lowest BCUT2D eigenvalue weighted by molar-refractivity contribution is -0.383. The average molecular weight is 267 g/mol. The summed E-state index contributed by atoms with van der Waals surface area (Å²) < 4.78 is 0. The van der Waals surface area contributed by atoms with Gasteiger partial charge in [-0.25, -0.2) is 0 Å². The number of carbonyl (C=O) groups excluding carboxylic acids is 1. The predicted octanol–water partition coefficient (Wildman–Crippen LogP) is 2.79. The molecule has 5 nitrogen and oxygen atoms in total. The second-order valence-electron chi connectivity index (χ2n) is 4.07. The Balaban J connectivity index is 2.46. The van der Waals surface area contributed by atoms with Crippen molar-refractivity contribution in [3.8, 4) is 0 Å². The third-order valence-corrected chi connectivity index (χ3v) is 3.23. The van der Waals surface area contributed by atoms with Crippen molar-refractivity contribution in [3.05, 3.63) is 46.0 Å². The van der Waals surface area contributed by atoms with Gasteiger partial charge in [0, 0.05) is 18.9 Å². The lowest BCUT2D eigenvalue weighted by Crippen LogP contribution is -2.25. The van der Waals surface area contributed by atoms with Gasteiger partial charge in [0.1, 0.15) is 10.7 Å². The Morgan fingerprint density at radius 3 is 2.83 bits per heavy atom. The minimum Gasteiger partial charge on any atom is -0.306 e. The Hall–Kier alpha value is -1.88. The molecule has 1 aliphatic rings. The molecule has 0 radical (unpaired) electrons. The maximum absolute atomic E-state index is 11.8. The summed E-state index contributed by atoms with van der Waals surface area (Å²) in [6.45, 7) is 4.05. The highest BCUT2D eigenvalue weighted by Crippen LogP contribution is 2.37. The van der Waals surface area contributed by atoms with Gasteiger partial charge in [-0.05, 0) is 12.1 Å². The van der Waals surface area contributed by atoms with Crippen LogP contribution in [0.4, 0.5) is 11.4 Å². The Morgan fingerprint density at radius 1 is 1.56 bits per heavy atom. The highest BCUT2D eigenvalue weighted by atomic mass is 35.5. The fourth-order valence-corrected chi connectivity index (χ4v) is 2.27. The molecular formula is C12H11ClN2O3. The standard InChI is InChI=1S/C12H11ClN2O3/c1-2-8-6-11(16)14(7-8)10-5-3-4-9(13)12(10)15(17)18/h2-5,8H,1,6-7H2. The molecule has 1 fully saturated rings. The van der Waals surface area contributed by atoms with Gasteiger partial charge >= 0.3 is 5.69 Å². The third kappa shape index (κ3) is 2.09. The highest BCUT2D eigenvalue weighted by molar-refractivity contribution is 6.33. The summed E-state index contributed by atoms with van der Waals surface area (Å²) in [6.07, 6.45) is 2.02. The molecule has 0 saturated carbocycles. The molecule has 1 amide bonds. The van der Waals surface area contributed by atoms with E-state index < -0.39 is 4.92 Å². The largest absolute Gasteiger partial charge is 0.311 e. The molecule has 0 N–H and O–H groups in total. The minimum atomic E-state index is -0.563. The molecule has 0 aromatic heterocycles. The van der Waals surface area contributed by atoms with E-state index in [1.807, 2.05) is 0 Å². The molecule has 94 valence electrons. The van der Waals surface area contributed by atoms with Crippen molar-refractivity contribution in [2.45, 2.75) is 6.42 Å². The van der Waals surface area contributed by atoms with E-state index in [0.29, 0.717) is 13.0 Å². The van der Waals surface area contributed by atoms with Gasteiger partial charge in [-0.15, -0.1) is 6.58 Å². The van der Waals surface area contributed by atoms with Crippen LogP contribution in [0.25, 0.3) is 0 Å². The number of nitro benzene ring substituents is 1. The van der Waals surface area contributed by atoms with Gasteiger partial charge in [-0.2, -0.15) is 0 Å². The van der Waals surface area contributed by atoms with Crippen LogP contribution in [0.15, 0.2) is 30.9 Å². The highest BCUT2D eigenvalue weighted by Gasteiger charge is 2.33. The van der Waals surface area contributed by atoms with E-state index in [1.54, 1.807) is 12.1 Å². The van der Waals surface area contributed by atoms with Crippen LogP contribution in [0.3, 0.4) is 0 Å². The number of para-hydroxylation sites is 1. The van der Waals surface area contributed by atoms with E-state index in [4.69, 9.17) is 11.6 Å². The van der Waals surface area contributed by atoms with Crippen LogP contribution in [-0.2, 0) is 4.79 Å². The molecule has 1 atom stereocenters. The van der Waals surface area contributed by atoms with Crippen LogP contribution in [0.5, 0.6) is 0 Å². The van der Waals surface area contributed by atoms with Crippen LogP contribution < -0.4 is 4.90 Å². The molecule has 1 aromatic rings. The summed E-state index contributed by atoms with van der Waals surface area (Å²) in [5.41, 5.74) is 0.0269. The van der Waals surface area contributed by atoms with Gasteiger partial charge < -0.3 is 4.90 Å². The molecule has 18 heavy (non-hydrogen) atoms. The number of rotatable bonds is 3. The van der Waals surface area contributed by atoms with E-state index >= 15 is 0 Å². The van der Waals surface area contributed by atoms with Crippen LogP contribution >= 0.6 is 11.6 Å². The molecule has 1 aromatic carbocycles. The first-order valence-corrected chi connectivity index (χ1v) is 5.78. The maximum Gasteiger partial charge on any atom is 0.311 e. The zero-order chi connectivity index (χ0) is 13.3. The van der Waals surface area contributed by atoms with Crippen molar-refractivity contribution in [2.24, 2.45) is 5.92 Å². The summed E-state index contributed by atoms with van der Waals surface area (Å²) in [7, 11) is 0. The number of hydrogen-bond donors (Lipinski definition) is 0. The monoisotopic (exact) mass is 266 g/mol. The second kappa shape index (κ2) is 4.78. The number of nitro groups is 1. The number of benzene rings is 1. The Bertz CT molecular complexity index is 530. The zero-order valence-corrected chi connectivity index (χ0v) is 10.3. The summed E-state index contributed by atoms with van der Waals surface area (Å²) >= 11 is 5.82. The quantitative estimate of drug-likeness (QED) is 0.480. The predicted molar refractivity (Wildman–Crippen MR) is 68.8 cm³/mol. The molecule has 0 spiro atoms. The van der Waals surface area contributed by atoms with Gasteiger partial charge in [0.25, 0.3) is 0 Å². The molecular weight excluding hydrogens is 256 g/mol. The number of anilines is 1. The maximum atomic E-state index is 11.8. The molecule has 0 aliphatic carbocycles. The Labute approximate surface area is 109 Å². The smallest absolute Gasteiger partial charge is 0.306 e. The van der Waals surface area contributed by atoms with E-state index in [1.165, 1.54) is 17.0 Å². The first-order valence-electron chi connectivity index (χ1n) is 5.40. The van der Waals surface area contributed by atoms with E-state index in [2.05, 4.69) is 6.58 Å². The van der Waals surface area contributed by atoms with Gasteiger partial charge in [0.15, 0.2) is 0 Å². The van der Waals surface area contributed by atoms with E-state index in [0.717, 1.165) is 0 Å². The SMILES string of the molecule is C=CC1CC(=O)N(c2cccc(Cl)c2[N+](=O)[O-])C1. The van der Waals surface area contributed by atoms with E-state index in [-0.39, 0.29) is 28.2 Å². The average Bonchev–Trinajstić information content (AvgIpc) is 2.69. The summed E-state index contributed by atoms with van der Waals surface area (Å²) in [4.78, 5) is 23.7.